The SMILES string of the molecule is CCN1CCCC1CNC(=O)CCNC(=O)Cc1ccccc1. The first-order valence-corrected chi connectivity index (χ1v) is 8.50. The molecular formula is C18H27N3O2. The minimum absolute atomic E-state index is 0.00737. The van der Waals surface area contributed by atoms with Crippen LogP contribution in [0.15, 0.2) is 30.3 Å². The number of likely N-dealkylation sites (tertiary alicyclic amines) is 1. The fourth-order valence-electron chi connectivity index (χ4n) is 3.02. The zero-order valence-corrected chi connectivity index (χ0v) is 13.9. The molecule has 2 amide bonds. The lowest BCUT2D eigenvalue weighted by molar-refractivity contribution is -0.122. The molecule has 1 aromatic carbocycles. The van der Waals surface area contributed by atoms with Crippen molar-refractivity contribution in [3.05, 3.63) is 35.9 Å². The molecule has 5 nitrogen and oxygen atoms in total. The average Bonchev–Trinajstić information content (AvgIpc) is 3.01. The number of amides is 2. The monoisotopic (exact) mass is 317 g/mol. The Labute approximate surface area is 138 Å². The maximum atomic E-state index is 11.9. The molecule has 1 unspecified atom stereocenters. The average molecular weight is 317 g/mol. The maximum Gasteiger partial charge on any atom is 0.224 e. The van der Waals surface area contributed by atoms with Gasteiger partial charge in [0.25, 0.3) is 0 Å². The van der Waals surface area contributed by atoms with E-state index >= 15 is 0 Å². The molecule has 1 fully saturated rings. The second-order valence-electron chi connectivity index (χ2n) is 5.99. The van der Waals surface area contributed by atoms with E-state index < -0.39 is 0 Å². The molecule has 2 N–H and O–H groups in total. The van der Waals surface area contributed by atoms with Gasteiger partial charge in [0.1, 0.15) is 0 Å². The van der Waals surface area contributed by atoms with Crippen LogP contribution in [0.1, 0.15) is 31.7 Å². The van der Waals surface area contributed by atoms with E-state index in [1.807, 2.05) is 30.3 Å². The van der Waals surface area contributed by atoms with Gasteiger partial charge in [-0.1, -0.05) is 37.3 Å². The summed E-state index contributed by atoms with van der Waals surface area (Å²) in [4.78, 5) is 26.1. The highest BCUT2D eigenvalue weighted by Crippen LogP contribution is 2.15. The number of carbonyl (C=O) groups is 2. The third-order valence-corrected chi connectivity index (χ3v) is 4.32. The predicted molar refractivity (Wildman–Crippen MR) is 91.1 cm³/mol. The van der Waals surface area contributed by atoms with Crippen LogP contribution in [0.3, 0.4) is 0 Å². The lowest BCUT2D eigenvalue weighted by Gasteiger charge is -2.22. The largest absolute Gasteiger partial charge is 0.355 e. The molecule has 0 bridgehead atoms. The van der Waals surface area contributed by atoms with Gasteiger partial charge in [-0.25, -0.2) is 0 Å². The summed E-state index contributed by atoms with van der Waals surface area (Å²) in [7, 11) is 0. The first-order valence-electron chi connectivity index (χ1n) is 8.50. The quantitative estimate of drug-likeness (QED) is 0.760. The van der Waals surface area contributed by atoms with Crippen LogP contribution in [0.5, 0.6) is 0 Å². The van der Waals surface area contributed by atoms with E-state index in [4.69, 9.17) is 0 Å². The Hall–Kier alpha value is -1.88. The summed E-state index contributed by atoms with van der Waals surface area (Å²) in [5.41, 5.74) is 0.982. The van der Waals surface area contributed by atoms with Crippen LogP contribution in [0.25, 0.3) is 0 Å². The van der Waals surface area contributed by atoms with Crippen LogP contribution in [0, 0.1) is 0 Å². The van der Waals surface area contributed by atoms with Crippen LogP contribution in [0.4, 0.5) is 0 Å². The van der Waals surface area contributed by atoms with Crippen molar-refractivity contribution < 1.29 is 9.59 Å². The van der Waals surface area contributed by atoms with E-state index in [0.717, 1.165) is 25.1 Å². The van der Waals surface area contributed by atoms with Crippen LogP contribution in [-0.4, -0.2) is 48.9 Å². The van der Waals surface area contributed by atoms with Gasteiger partial charge < -0.3 is 10.6 Å². The molecule has 23 heavy (non-hydrogen) atoms. The van der Waals surface area contributed by atoms with E-state index in [0.29, 0.717) is 32.0 Å². The molecule has 126 valence electrons. The molecule has 1 aliphatic heterocycles. The van der Waals surface area contributed by atoms with Gasteiger partial charge in [0, 0.05) is 25.6 Å². The minimum atomic E-state index is -0.0445. The number of nitrogens with zero attached hydrogens (tertiary/aromatic N) is 1. The third-order valence-electron chi connectivity index (χ3n) is 4.32. The molecular weight excluding hydrogens is 290 g/mol. The molecule has 1 aromatic rings. The van der Waals surface area contributed by atoms with Crippen LogP contribution >= 0.6 is 0 Å². The van der Waals surface area contributed by atoms with Crippen LogP contribution in [-0.2, 0) is 16.0 Å². The van der Waals surface area contributed by atoms with E-state index in [2.05, 4.69) is 22.5 Å². The summed E-state index contributed by atoms with van der Waals surface area (Å²) < 4.78 is 0. The van der Waals surface area contributed by atoms with Crippen molar-refractivity contribution in [3.63, 3.8) is 0 Å². The van der Waals surface area contributed by atoms with E-state index in [1.165, 1.54) is 6.42 Å². The minimum Gasteiger partial charge on any atom is -0.355 e. The normalized spacial score (nSPS) is 17.9. The molecule has 1 aliphatic rings. The Morgan fingerprint density at radius 3 is 2.70 bits per heavy atom. The van der Waals surface area contributed by atoms with Crippen molar-refractivity contribution in [1.29, 1.82) is 0 Å². The Bertz CT molecular complexity index is 504. The summed E-state index contributed by atoms with van der Waals surface area (Å²) in [6.07, 6.45) is 3.06. The van der Waals surface area contributed by atoms with E-state index in [9.17, 15) is 9.59 Å². The number of hydrogen-bond acceptors (Lipinski definition) is 3. The van der Waals surface area contributed by atoms with Crippen molar-refractivity contribution in [3.8, 4) is 0 Å². The van der Waals surface area contributed by atoms with Crippen molar-refractivity contribution >= 4 is 11.8 Å². The summed E-state index contributed by atoms with van der Waals surface area (Å²) in [5, 5.41) is 5.78. The van der Waals surface area contributed by atoms with Gasteiger partial charge in [-0.15, -0.1) is 0 Å². The highest BCUT2D eigenvalue weighted by molar-refractivity contribution is 5.80. The number of nitrogens with one attached hydrogen (secondary N) is 2. The molecule has 1 atom stereocenters. The lowest BCUT2D eigenvalue weighted by atomic mass is 10.1. The summed E-state index contributed by atoms with van der Waals surface area (Å²) in [6.45, 7) is 5.43. The molecule has 1 saturated heterocycles. The Balaban J connectivity index is 1.58. The van der Waals surface area contributed by atoms with E-state index in [1.54, 1.807) is 0 Å². The fourth-order valence-corrected chi connectivity index (χ4v) is 3.02. The topological polar surface area (TPSA) is 61.4 Å². The third kappa shape index (κ3) is 6.02. The molecule has 0 radical (unpaired) electrons. The molecule has 0 aromatic heterocycles. The predicted octanol–water partition coefficient (Wildman–Crippen LogP) is 1.34. The Morgan fingerprint density at radius 2 is 1.96 bits per heavy atom. The van der Waals surface area contributed by atoms with E-state index in [-0.39, 0.29) is 11.8 Å². The molecule has 0 saturated carbocycles. The molecule has 5 heteroatoms. The lowest BCUT2D eigenvalue weighted by Crippen LogP contribution is -2.40. The maximum absolute atomic E-state index is 11.9. The van der Waals surface area contributed by atoms with Crippen molar-refractivity contribution in [2.75, 3.05) is 26.2 Å². The van der Waals surface area contributed by atoms with Crippen LogP contribution < -0.4 is 10.6 Å². The van der Waals surface area contributed by atoms with Gasteiger partial charge in [-0.3, -0.25) is 14.5 Å². The van der Waals surface area contributed by atoms with Gasteiger partial charge in [-0.05, 0) is 31.5 Å². The Kier molecular flexibility index (Phi) is 7.07. The molecule has 1 heterocycles. The highest BCUT2D eigenvalue weighted by atomic mass is 16.2. The van der Waals surface area contributed by atoms with Gasteiger partial charge in [0.05, 0.1) is 6.42 Å². The van der Waals surface area contributed by atoms with Gasteiger partial charge >= 0.3 is 0 Å². The van der Waals surface area contributed by atoms with Gasteiger partial charge in [0.2, 0.25) is 11.8 Å². The highest BCUT2D eigenvalue weighted by Gasteiger charge is 2.22. The van der Waals surface area contributed by atoms with Crippen molar-refractivity contribution in [1.82, 2.24) is 15.5 Å². The smallest absolute Gasteiger partial charge is 0.224 e. The van der Waals surface area contributed by atoms with Crippen molar-refractivity contribution in [2.45, 2.75) is 38.6 Å². The fraction of sp³-hybridized carbons (Fsp3) is 0.556. The second kappa shape index (κ2) is 9.30. The standard InChI is InChI=1S/C18H27N3O2/c1-2-21-12-6-9-16(21)14-20-17(22)10-11-19-18(23)13-15-7-4-3-5-8-15/h3-5,7-8,16H,2,6,9-14H2,1H3,(H,19,23)(H,20,22). The molecule has 2 rings (SSSR count). The summed E-state index contributed by atoms with van der Waals surface area (Å²) in [5.74, 6) is -0.0371. The van der Waals surface area contributed by atoms with Gasteiger partial charge in [-0.2, -0.15) is 0 Å². The van der Waals surface area contributed by atoms with Gasteiger partial charge in [0.15, 0.2) is 0 Å². The van der Waals surface area contributed by atoms with Crippen LogP contribution in [0.2, 0.25) is 0 Å². The number of likely N-dealkylation sites (N-methyl/N-ethyl adjacent to an activating group) is 1. The molecule has 0 spiro atoms. The second-order valence-corrected chi connectivity index (χ2v) is 5.99. The van der Waals surface area contributed by atoms with Crippen molar-refractivity contribution in [2.24, 2.45) is 0 Å². The zero-order chi connectivity index (χ0) is 16.5. The Morgan fingerprint density at radius 1 is 1.17 bits per heavy atom. The zero-order valence-electron chi connectivity index (χ0n) is 13.9. The first kappa shape index (κ1) is 17.5. The summed E-state index contributed by atoms with van der Waals surface area (Å²) >= 11 is 0. The first-order chi connectivity index (χ1) is 11.2. The summed E-state index contributed by atoms with van der Waals surface area (Å²) in [6, 6.07) is 10.1. The molecule has 0 aliphatic carbocycles. The number of benzene rings is 1. The number of rotatable bonds is 8. The number of carbonyl (C=O) groups excluding carboxylic acids is 2. The number of hydrogen-bond donors (Lipinski definition) is 2.